The normalized spacial score (nSPS) is 12.6. The molecule has 0 spiro atoms. The first-order chi connectivity index (χ1) is 10.2. The van der Waals surface area contributed by atoms with Gasteiger partial charge in [-0.05, 0) is 19.1 Å². The number of nitrogens with one attached hydrogen (secondary N) is 1. The average Bonchev–Trinajstić information content (AvgIpc) is 2.85. The van der Waals surface area contributed by atoms with Crippen molar-refractivity contribution in [3.63, 3.8) is 0 Å². The summed E-state index contributed by atoms with van der Waals surface area (Å²) in [6.07, 6.45) is 1.49. The first-order valence-electron chi connectivity index (χ1n) is 6.88. The molecule has 0 saturated carbocycles. The molecule has 0 fully saturated rings. The second kappa shape index (κ2) is 6.91. The number of hydrogen-bond acceptors (Lipinski definition) is 5. The Bertz CT molecular complexity index is 664. The molecule has 7 heteroatoms. The predicted molar refractivity (Wildman–Crippen MR) is 98.1 cm³/mol. The first kappa shape index (κ1) is 16.5. The summed E-state index contributed by atoms with van der Waals surface area (Å²) in [5.74, 6) is 1.24. The molecule has 6 nitrogen and oxygen atoms in total. The third-order valence-corrected chi connectivity index (χ3v) is 3.52. The summed E-state index contributed by atoms with van der Waals surface area (Å²) in [6.45, 7) is 3.69. The van der Waals surface area contributed by atoms with Crippen LogP contribution in [0.3, 0.4) is 0 Å². The molecule has 0 bridgehead atoms. The Morgan fingerprint density at radius 3 is 2.68 bits per heavy atom. The number of amides is 1. The zero-order valence-electron chi connectivity index (χ0n) is 12.5. The minimum atomic E-state index is -0.167. The Balaban J connectivity index is 0.00000176. The smallest absolute Gasteiger partial charge is 0.256 e. The van der Waals surface area contributed by atoms with Crippen LogP contribution in [0, 0.1) is 0 Å². The maximum absolute atomic E-state index is 12.3. The van der Waals surface area contributed by atoms with Gasteiger partial charge in [0.25, 0.3) is 5.91 Å². The van der Waals surface area contributed by atoms with Crippen LogP contribution >= 0.6 is 24.0 Å². The van der Waals surface area contributed by atoms with E-state index in [1.54, 1.807) is 12.1 Å². The Morgan fingerprint density at radius 1 is 1.27 bits per heavy atom. The third-order valence-electron chi connectivity index (χ3n) is 3.52. The number of carbonyl (C=O) groups is 1. The van der Waals surface area contributed by atoms with Crippen molar-refractivity contribution < 1.29 is 4.79 Å². The molecule has 0 unspecified atom stereocenters. The largest absolute Gasteiger partial charge is 0.351 e. The molecule has 1 aliphatic rings. The third kappa shape index (κ3) is 2.99. The molecule has 0 aliphatic carbocycles. The Kier molecular flexibility index (Phi) is 5.17. The maximum Gasteiger partial charge on any atom is 0.256 e. The molecule has 1 N–H and O–H groups in total. The summed E-state index contributed by atoms with van der Waals surface area (Å²) in [7, 11) is 1.97. The highest BCUT2D eigenvalue weighted by atomic mass is 127. The molecule has 0 atom stereocenters. The molecule has 1 aromatic carbocycles. The number of nitrogens with zero attached hydrogens (tertiary/aromatic N) is 4. The van der Waals surface area contributed by atoms with Crippen LogP contribution in [0.5, 0.6) is 0 Å². The maximum atomic E-state index is 12.3. The van der Waals surface area contributed by atoms with Crippen LogP contribution in [0.1, 0.15) is 17.3 Å². The van der Waals surface area contributed by atoms with E-state index in [4.69, 9.17) is 0 Å². The SMILES string of the molecule is CCN1CN(C)c2c(NC(=O)c3ccccc3)ncnc21.I. The lowest BCUT2D eigenvalue weighted by molar-refractivity contribution is 0.102. The van der Waals surface area contributed by atoms with Gasteiger partial charge in [0.15, 0.2) is 11.6 Å². The Labute approximate surface area is 146 Å². The van der Waals surface area contributed by atoms with Crippen LogP contribution in [-0.4, -0.2) is 36.1 Å². The monoisotopic (exact) mass is 411 g/mol. The van der Waals surface area contributed by atoms with Crippen molar-refractivity contribution in [1.82, 2.24) is 9.97 Å². The highest BCUT2D eigenvalue weighted by molar-refractivity contribution is 14.0. The van der Waals surface area contributed by atoms with Crippen molar-refractivity contribution in [2.75, 3.05) is 35.4 Å². The van der Waals surface area contributed by atoms with E-state index in [1.807, 2.05) is 30.1 Å². The average molecular weight is 411 g/mol. The van der Waals surface area contributed by atoms with E-state index in [9.17, 15) is 4.79 Å². The molecule has 2 heterocycles. The van der Waals surface area contributed by atoms with Crippen LogP contribution in [0.2, 0.25) is 0 Å². The lowest BCUT2D eigenvalue weighted by Crippen LogP contribution is -2.28. The van der Waals surface area contributed by atoms with Crippen LogP contribution < -0.4 is 15.1 Å². The quantitative estimate of drug-likeness (QED) is 0.787. The van der Waals surface area contributed by atoms with E-state index in [0.29, 0.717) is 11.4 Å². The van der Waals surface area contributed by atoms with Crippen molar-refractivity contribution in [2.45, 2.75) is 6.92 Å². The lowest BCUT2D eigenvalue weighted by atomic mass is 10.2. The molecule has 1 aromatic heterocycles. The van der Waals surface area contributed by atoms with Gasteiger partial charge >= 0.3 is 0 Å². The zero-order chi connectivity index (χ0) is 14.8. The van der Waals surface area contributed by atoms with Crippen LogP contribution in [-0.2, 0) is 0 Å². The molecule has 22 heavy (non-hydrogen) atoms. The van der Waals surface area contributed by atoms with Crippen LogP contribution in [0.25, 0.3) is 0 Å². The highest BCUT2D eigenvalue weighted by Gasteiger charge is 2.28. The summed E-state index contributed by atoms with van der Waals surface area (Å²) in [5.41, 5.74) is 1.47. The molecular weight excluding hydrogens is 393 g/mol. The van der Waals surface area contributed by atoms with E-state index in [2.05, 4.69) is 27.1 Å². The minimum Gasteiger partial charge on any atom is -0.351 e. The fourth-order valence-electron chi connectivity index (χ4n) is 2.46. The van der Waals surface area contributed by atoms with Gasteiger partial charge in [0.2, 0.25) is 0 Å². The van der Waals surface area contributed by atoms with E-state index in [0.717, 1.165) is 24.7 Å². The van der Waals surface area contributed by atoms with Crippen molar-refractivity contribution in [2.24, 2.45) is 0 Å². The molecule has 116 valence electrons. The molecule has 0 saturated heterocycles. The summed E-state index contributed by atoms with van der Waals surface area (Å²) in [5, 5.41) is 2.88. The summed E-state index contributed by atoms with van der Waals surface area (Å²) in [4.78, 5) is 25.0. The van der Waals surface area contributed by atoms with Gasteiger partial charge < -0.3 is 15.1 Å². The second-order valence-electron chi connectivity index (χ2n) is 4.91. The molecule has 1 aliphatic heterocycles. The van der Waals surface area contributed by atoms with E-state index >= 15 is 0 Å². The zero-order valence-corrected chi connectivity index (χ0v) is 14.8. The fourth-order valence-corrected chi connectivity index (χ4v) is 2.46. The van der Waals surface area contributed by atoms with Gasteiger partial charge in [-0.25, -0.2) is 9.97 Å². The van der Waals surface area contributed by atoms with E-state index < -0.39 is 0 Å². The predicted octanol–water partition coefficient (Wildman–Crippen LogP) is 2.58. The topological polar surface area (TPSA) is 61.4 Å². The van der Waals surface area contributed by atoms with Crippen molar-refractivity contribution >= 4 is 47.2 Å². The van der Waals surface area contributed by atoms with Crippen molar-refractivity contribution in [1.29, 1.82) is 0 Å². The van der Waals surface area contributed by atoms with Gasteiger partial charge in [-0.15, -0.1) is 24.0 Å². The number of anilines is 3. The fraction of sp³-hybridized carbons (Fsp3) is 0.267. The summed E-state index contributed by atoms with van der Waals surface area (Å²) < 4.78 is 0. The van der Waals surface area contributed by atoms with E-state index in [1.165, 1.54) is 6.33 Å². The standard InChI is InChI=1S/C15H17N5O.HI/c1-3-20-10-19(2)12-13(16-9-17-14(12)20)18-15(21)11-7-5-4-6-8-11;/h4-9H,3,10H2,1-2H3,(H,16,17,18,21);1H. The summed E-state index contributed by atoms with van der Waals surface area (Å²) in [6, 6.07) is 9.11. The molecule has 2 aromatic rings. The van der Waals surface area contributed by atoms with Crippen LogP contribution in [0.4, 0.5) is 17.3 Å². The van der Waals surface area contributed by atoms with Gasteiger partial charge in [-0.2, -0.15) is 0 Å². The number of aromatic nitrogens is 2. The second-order valence-corrected chi connectivity index (χ2v) is 4.91. The number of benzene rings is 1. The molecule has 0 radical (unpaired) electrons. The van der Waals surface area contributed by atoms with Gasteiger partial charge in [-0.1, -0.05) is 18.2 Å². The highest BCUT2D eigenvalue weighted by Crippen LogP contribution is 2.37. The first-order valence-corrected chi connectivity index (χ1v) is 6.88. The van der Waals surface area contributed by atoms with Crippen molar-refractivity contribution in [3.05, 3.63) is 42.2 Å². The van der Waals surface area contributed by atoms with Gasteiger partial charge in [-0.3, -0.25) is 4.79 Å². The Hall–Kier alpha value is -1.90. The Morgan fingerprint density at radius 2 is 2.00 bits per heavy atom. The minimum absolute atomic E-state index is 0. The lowest BCUT2D eigenvalue weighted by Gasteiger charge is -2.15. The number of hydrogen-bond donors (Lipinski definition) is 1. The van der Waals surface area contributed by atoms with Gasteiger partial charge in [0, 0.05) is 19.2 Å². The van der Waals surface area contributed by atoms with E-state index in [-0.39, 0.29) is 29.9 Å². The van der Waals surface area contributed by atoms with Crippen LogP contribution in [0.15, 0.2) is 36.7 Å². The van der Waals surface area contributed by atoms with Crippen molar-refractivity contribution in [3.8, 4) is 0 Å². The molecule has 1 amide bonds. The van der Waals surface area contributed by atoms with Gasteiger partial charge in [0.05, 0.1) is 6.67 Å². The molecule has 3 rings (SSSR count). The number of halogens is 1. The number of rotatable bonds is 3. The number of fused-ring (bicyclic) bond motifs is 1. The molecular formula is C15H18IN5O. The summed E-state index contributed by atoms with van der Waals surface area (Å²) >= 11 is 0. The van der Waals surface area contributed by atoms with Gasteiger partial charge in [0.1, 0.15) is 12.0 Å². The number of carbonyl (C=O) groups excluding carboxylic acids is 1.